The summed E-state index contributed by atoms with van der Waals surface area (Å²) >= 11 is 3.19. The molecule has 0 unspecified atom stereocenters. The van der Waals surface area contributed by atoms with Gasteiger partial charge in [-0.3, -0.25) is 4.79 Å². The van der Waals surface area contributed by atoms with Crippen LogP contribution in [-0.2, 0) is 0 Å². The molecule has 0 atom stereocenters. The van der Waals surface area contributed by atoms with Crippen LogP contribution in [0.4, 0.5) is 11.4 Å². The molecule has 2 aromatic heterocycles. The van der Waals surface area contributed by atoms with Crippen LogP contribution in [0, 0.1) is 0 Å². The smallest absolute Gasteiger partial charge is 0.268 e. The Bertz CT molecular complexity index is 699. The third-order valence-corrected chi connectivity index (χ3v) is 5.02. The SMILES string of the molecule is CN(C(=O)c1cc2sccc2s1)c1ccc(N)cc1. The molecule has 0 spiro atoms. The summed E-state index contributed by atoms with van der Waals surface area (Å²) in [5.41, 5.74) is 7.19. The van der Waals surface area contributed by atoms with Gasteiger partial charge in [0.15, 0.2) is 0 Å². The number of hydrogen-bond donors (Lipinski definition) is 1. The molecule has 1 aromatic carbocycles. The molecule has 2 N–H and O–H groups in total. The highest BCUT2D eigenvalue weighted by Gasteiger charge is 2.16. The third kappa shape index (κ3) is 2.22. The Morgan fingerprint density at radius 2 is 1.89 bits per heavy atom. The highest BCUT2D eigenvalue weighted by atomic mass is 32.1. The summed E-state index contributed by atoms with van der Waals surface area (Å²) in [5, 5.41) is 2.04. The molecule has 3 aromatic rings. The molecule has 1 amide bonds. The fourth-order valence-electron chi connectivity index (χ4n) is 1.85. The number of amides is 1. The largest absolute Gasteiger partial charge is 0.399 e. The molecule has 0 saturated carbocycles. The van der Waals surface area contributed by atoms with E-state index in [0.717, 1.165) is 10.6 Å². The highest BCUT2D eigenvalue weighted by Crippen LogP contribution is 2.31. The number of nitrogens with two attached hydrogens (primary N) is 1. The van der Waals surface area contributed by atoms with Crippen molar-refractivity contribution in [2.45, 2.75) is 0 Å². The molecule has 0 aliphatic carbocycles. The summed E-state index contributed by atoms with van der Waals surface area (Å²) in [5.74, 6) is 0.0122. The van der Waals surface area contributed by atoms with E-state index in [1.54, 1.807) is 35.4 Å². The van der Waals surface area contributed by atoms with E-state index in [-0.39, 0.29) is 5.91 Å². The maximum atomic E-state index is 12.4. The predicted molar refractivity (Wildman–Crippen MR) is 83.3 cm³/mol. The van der Waals surface area contributed by atoms with Crippen molar-refractivity contribution >= 4 is 49.4 Å². The number of nitrogens with zero attached hydrogens (tertiary/aromatic N) is 1. The number of carbonyl (C=O) groups excluding carboxylic acids is 1. The van der Waals surface area contributed by atoms with Crippen LogP contribution in [0.25, 0.3) is 9.40 Å². The molecule has 2 heterocycles. The molecule has 3 nitrogen and oxygen atoms in total. The fraction of sp³-hybridized carbons (Fsp3) is 0.0714. The van der Waals surface area contributed by atoms with E-state index in [4.69, 9.17) is 5.73 Å². The standard InChI is InChI=1S/C14H12N2OS2/c1-16(10-4-2-9(15)3-5-10)14(17)13-8-12-11(19-13)6-7-18-12/h2-8H,15H2,1H3. The van der Waals surface area contributed by atoms with Gasteiger partial charge in [-0.25, -0.2) is 0 Å². The Hall–Kier alpha value is -1.85. The lowest BCUT2D eigenvalue weighted by molar-refractivity contribution is 0.0997. The van der Waals surface area contributed by atoms with Gasteiger partial charge in [0.25, 0.3) is 5.91 Å². The Morgan fingerprint density at radius 3 is 2.58 bits per heavy atom. The van der Waals surface area contributed by atoms with Crippen molar-refractivity contribution in [2.24, 2.45) is 0 Å². The van der Waals surface area contributed by atoms with Gasteiger partial charge in [0.05, 0.1) is 4.88 Å². The van der Waals surface area contributed by atoms with E-state index in [9.17, 15) is 4.79 Å². The van der Waals surface area contributed by atoms with E-state index in [1.165, 1.54) is 20.7 Å². The van der Waals surface area contributed by atoms with Gasteiger partial charge in [-0.15, -0.1) is 22.7 Å². The van der Waals surface area contributed by atoms with E-state index < -0.39 is 0 Å². The number of thiophene rings is 2. The average molecular weight is 288 g/mol. The minimum absolute atomic E-state index is 0.0122. The number of anilines is 2. The lowest BCUT2D eigenvalue weighted by Crippen LogP contribution is -2.25. The number of nitrogen functional groups attached to an aromatic ring is 1. The van der Waals surface area contributed by atoms with Crippen molar-refractivity contribution in [3.63, 3.8) is 0 Å². The number of benzene rings is 1. The quantitative estimate of drug-likeness (QED) is 0.729. The number of fused-ring (bicyclic) bond motifs is 1. The predicted octanol–water partition coefficient (Wildman–Crippen LogP) is 3.82. The van der Waals surface area contributed by atoms with Gasteiger partial charge in [0.1, 0.15) is 0 Å². The molecule has 0 radical (unpaired) electrons. The van der Waals surface area contributed by atoms with Gasteiger partial charge in [0.2, 0.25) is 0 Å². The van der Waals surface area contributed by atoms with Gasteiger partial charge >= 0.3 is 0 Å². The van der Waals surface area contributed by atoms with Gasteiger partial charge in [-0.2, -0.15) is 0 Å². The van der Waals surface area contributed by atoms with Gasteiger partial charge in [0, 0.05) is 27.8 Å². The van der Waals surface area contributed by atoms with E-state index in [1.807, 2.05) is 29.6 Å². The topological polar surface area (TPSA) is 46.3 Å². The number of carbonyl (C=O) groups is 1. The fourth-order valence-corrected chi connectivity index (χ4v) is 3.94. The van der Waals surface area contributed by atoms with Crippen molar-refractivity contribution in [1.82, 2.24) is 0 Å². The monoisotopic (exact) mass is 288 g/mol. The van der Waals surface area contributed by atoms with Crippen LogP contribution in [-0.4, -0.2) is 13.0 Å². The summed E-state index contributed by atoms with van der Waals surface area (Å²) in [7, 11) is 1.78. The molecule has 96 valence electrons. The first-order chi connectivity index (χ1) is 9.15. The molecular weight excluding hydrogens is 276 g/mol. The zero-order valence-electron chi connectivity index (χ0n) is 10.3. The van der Waals surface area contributed by atoms with Crippen LogP contribution in [0.5, 0.6) is 0 Å². The van der Waals surface area contributed by atoms with Crippen molar-refractivity contribution in [1.29, 1.82) is 0 Å². The normalized spacial score (nSPS) is 10.8. The van der Waals surface area contributed by atoms with Gasteiger partial charge < -0.3 is 10.6 Å². The van der Waals surface area contributed by atoms with E-state index >= 15 is 0 Å². The van der Waals surface area contributed by atoms with Crippen LogP contribution in [0.1, 0.15) is 9.67 Å². The summed E-state index contributed by atoms with van der Waals surface area (Å²) in [6.45, 7) is 0. The second kappa shape index (κ2) is 4.68. The van der Waals surface area contributed by atoms with Crippen LogP contribution < -0.4 is 10.6 Å². The first kappa shape index (κ1) is 12.2. The van der Waals surface area contributed by atoms with Crippen molar-refractivity contribution in [3.8, 4) is 0 Å². The Labute approximate surface area is 118 Å². The third-order valence-electron chi connectivity index (χ3n) is 2.94. The highest BCUT2D eigenvalue weighted by molar-refractivity contribution is 7.27. The van der Waals surface area contributed by atoms with Crippen molar-refractivity contribution in [2.75, 3.05) is 17.7 Å². The Kier molecular flexibility index (Phi) is 3.00. The second-order valence-electron chi connectivity index (χ2n) is 4.22. The van der Waals surface area contributed by atoms with Crippen molar-refractivity contribution in [3.05, 3.63) is 46.7 Å². The zero-order valence-corrected chi connectivity index (χ0v) is 11.9. The summed E-state index contributed by atoms with van der Waals surface area (Å²) in [6, 6.07) is 11.3. The molecule has 0 bridgehead atoms. The minimum atomic E-state index is 0.0122. The molecule has 19 heavy (non-hydrogen) atoms. The van der Waals surface area contributed by atoms with E-state index in [2.05, 4.69) is 0 Å². The van der Waals surface area contributed by atoms with Crippen LogP contribution >= 0.6 is 22.7 Å². The van der Waals surface area contributed by atoms with Gasteiger partial charge in [-0.05, 0) is 41.8 Å². The second-order valence-corrected chi connectivity index (χ2v) is 6.25. The molecule has 5 heteroatoms. The number of rotatable bonds is 2. The molecular formula is C14H12N2OS2. The minimum Gasteiger partial charge on any atom is -0.399 e. The number of hydrogen-bond acceptors (Lipinski definition) is 4. The summed E-state index contributed by atoms with van der Waals surface area (Å²) < 4.78 is 2.33. The van der Waals surface area contributed by atoms with Crippen molar-refractivity contribution < 1.29 is 4.79 Å². The zero-order chi connectivity index (χ0) is 13.4. The maximum absolute atomic E-state index is 12.4. The summed E-state index contributed by atoms with van der Waals surface area (Å²) in [4.78, 5) is 14.8. The van der Waals surface area contributed by atoms with Crippen LogP contribution in [0.2, 0.25) is 0 Å². The molecule has 0 fully saturated rings. The molecule has 0 aliphatic heterocycles. The van der Waals surface area contributed by atoms with Crippen LogP contribution in [0.3, 0.4) is 0 Å². The Morgan fingerprint density at radius 1 is 1.16 bits per heavy atom. The lowest BCUT2D eigenvalue weighted by atomic mass is 10.2. The summed E-state index contributed by atoms with van der Waals surface area (Å²) in [6.07, 6.45) is 0. The lowest BCUT2D eigenvalue weighted by Gasteiger charge is -2.16. The Balaban J connectivity index is 1.90. The molecule has 0 saturated heterocycles. The van der Waals surface area contributed by atoms with E-state index in [0.29, 0.717) is 5.69 Å². The maximum Gasteiger partial charge on any atom is 0.268 e. The first-order valence-electron chi connectivity index (χ1n) is 5.76. The molecule has 3 rings (SSSR count). The van der Waals surface area contributed by atoms with Gasteiger partial charge in [-0.1, -0.05) is 0 Å². The molecule has 0 aliphatic rings. The average Bonchev–Trinajstić information content (AvgIpc) is 2.98. The van der Waals surface area contributed by atoms with Crippen LogP contribution in [0.15, 0.2) is 41.8 Å². The first-order valence-corrected chi connectivity index (χ1v) is 7.45.